The van der Waals surface area contributed by atoms with Crippen molar-refractivity contribution in [2.24, 2.45) is 0 Å². The van der Waals surface area contributed by atoms with Crippen LogP contribution in [0.5, 0.6) is 0 Å². The number of imidazole rings is 1. The highest BCUT2D eigenvalue weighted by Gasteiger charge is 2.15. The Hall–Kier alpha value is -3.15. The van der Waals surface area contributed by atoms with Gasteiger partial charge in [0.25, 0.3) is 0 Å². The van der Waals surface area contributed by atoms with Crippen LogP contribution >= 0.6 is 0 Å². The van der Waals surface area contributed by atoms with E-state index in [2.05, 4.69) is 10.3 Å². The number of aryl methyl sites for hydroxylation is 3. The van der Waals surface area contributed by atoms with Crippen LogP contribution in [-0.4, -0.2) is 39.9 Å². The second-order valence-electron chi connectivity index (χ2n) is 6.74. The molecule has 6 heteroatoms. The molecule has 140 valence electrons. The predicted octanol–water partition coefficient (Wildman–Crippen LogP) is 3.14. The lowest BCUT2D eigenvalue weighted by molar-refractivity contribution is -0.133. The normalized spacial score (nSPS) is 10.8. The maximum atomic E-state index is 12.4. The highest BCUT2D eigenvalue weighted by Crippen LogP contribution is 2.19. The number of carbonyl (C=O) groups is 2. The van der Waals surface area contributed by atoms with Crippen molar-refractivity contribution in [3.8, 4) is 0 Å². The molecule has 2 aromatic carbocycles. The second kappa shape index (κ2) is 8.03. The fraction of sp³-hybridized carbons (Fsp3) is 0.286. The zero-order valence-electron chi connectivity index (χ0n) is 15.9. The second-order valence-corrected chi connectivity index (χ2v) is 6.74. The number of likely N-dealkylation sites (N-methyl/N-ethyl adjacent to an activating group) is 1. The third-order valence-corrected chi connectivity index (χ3v) is 4.65. The summed E-state index contributed by atoms with van der Waals surface area (Å²) in [6.07, 6.45) is 2.05. The molecule has 0 aliphatic heterocycles. The van der Waals surface area contributed by atoms with Crippen molar-refractivity contribution < 1.29 is 9.59 Å². The molecule has 0 aliphatic rings. The minimum absolute atomic E-state index is 0.0251. The van der Waals surface area contributed by atoms with Crippen LogP contribution in [0.2, 0.25) is 0 Å². The molecule has 0 bridgehead atoms. The van der Waals surface area contributed by atoms with Crippen LogP contribution in [0.4, 0.5) is 5.69 Å². The number of benzene rings is 2. The van der Waals surface area contributed by atoms with Crippen molar-refractivity contribution in [1.29, 1.82) is 0 Å². The van der Waals surface area contributed by atoms with E-state index in [1.54, 1.807) is 13.4 Å². The number of aromatic nitrogens is 2. The van der Waals surface area contributed by atoms with Gasteiger partial charge in [-0.05, 0) is 37.1 Å². The fourth-order valence-electron chi connectivity index (χ4n) is 3.09. The monoisotopic (exact) mass is 364 g/mol. The molecule has 6 nitrogen and oxygen atoms in total. The van der Waals surface area contributed by atoms with Gasteiger partial charge in [-0.15, -0.1) is 0 Å². The molecule has 0 fully saturated rings. The first-order chi connectivity index (χ1) is 13.0. The topological polar surface area (TPSA) is 67.2 Å². The van der Waals surface area contributed by atoms with E-state index in [1.807, 2.05) is 60.9 Å². The summed E-state index contributed by atoms with van der Waals surface area (Å²) in [5.41, 5.74) is 4.73. The smallest absolute Gasteiger partial charge is 0.243 e. The number of carbonyl (C=O) groups excluding carboxylic acids is 2. The highest BCUT2D eigenvalue weighted by molar-refractivity contribution is 5.95. The van der Waals surface area contributed by atoms with E-state index >= 15 is 0 Å². The van der Waals surface area contributed by atoms with E-state index in [9.17, 15) is 9.59 Å². The number of amides is 2. The van der Waals surface area contributed by atoms with Crippen LogP contribution in [0, 0.1) is 13.8 Å². The van der Waals surface area contributed by atoms with E-state index < -0.39 is 0 Å². The third-order valence-electron chi connectivity index (χ3n) is 4.65. The molecule has 1 heterocycles. The largest absolute Gasteiger partial charge is 0.336 e. The molecule has 1 aromatic heterocycles. The van der Waals surface area contributed by atoms with Gasteiger partial charge in [0.2, 0.25) is 11.8 Å². The molecule has 0 saturated heterocycles. The molecule has 2 amide bonds. The average Bonchev–Trinajstić information content (AvgIpc) is 3.06. The molecule has 0 saturated carbocycles. The van der Waals surface area contributed by atoms with E-state index in [0.717, 1.165) is 27.8 Å². The van der Waals surface area contributed by atoms with Crippen LogP contribution in [0.3, 0.4) is 0 Å². The molecule has 0 unspecified atom stereocenters. The molecular formula is C21H24N4O2. The molecule has 27 heavy (non-hydrogen) atoms. The lowest BCUT2D eigenvalue weighted by atomic mass is 10.1. The van der Waals surface area contributed by atoms with Gasteiger partial charge in [-0.2, -0.15) is 0 Å². The third kappa shape index (κ3) is 4.34. The number of nitrogens with zero attached hydrogens (tertiary/aromatic N) is 3. The lowest BCUT2D eigenvalue weighted by Gasteiger charge is -2.18. The minimum atomic E-state index is -0.198. The molecule has 0 spiro atoms. The van der Waals surface area contributed by atoms with Gasteiger partial charge in [0.05, 0.1) is 23.9 Å². The lowest BCUT2D eigenvalue weighted by Crippen LogP contribution is -2.35. The SMILES string of the molecule is Cc1cccc(C)c1NC(=O)CN(C)C(=O)CCn1cnc2ccccc21. The summed E-state index contributed by atoms with van der Waals surface area (Å²) in [6, 6.07) is 13.7. The number of fused-ring (bicyclic) bond motifs is 1. The van der Waals surface area contributed by atoms with Gasteiger partial charge in [-0.1, -0.05) is 30.3 Å². The van der Waals surface area contributed by atoms with Crippen LogP contribution in [0.15, 0.2) is 48.8 Å². The summed E-state index contributed by atoms with van der Waals surface area (Å²) >= 11 is 0. The Bertz CT molecular complexity index is 957. The molecule has 0 radical (unpaired) electrons. The maximum Gasteiger partial charge on any atom is 0.243 e. The fourth-order valence-corrected chi connectivity index (χ4v) is 3.09. The number of para-hydroxylation sites is 3. The molecule has 0 aliphatic carbocycles. The molecular weight excluding hydrogens is 340 g/mol. The van der Waals surface area contributed by atoms with Gasteiger partial charge < -0.3 is 14.8 Å². The van der Waals surface area contributed by atoms with Gasteiger partial charge in [-0.3, -0.25) is 9.59 Å². The zero-order valence-corrected chi connectivity index (χ0v) is 15.9. The summed E-state index contributed by atoms with van der Waals surface area (Å²) in [7, 11) is 1.65. The minimum Gasteiger partial charge on any atom is -0.336 e. The molecule has 3 aromatic rings. The molecule has 1 N–H and O–H groups in total. The van der Waals surface area contributed by atoms with Crippen molar-refractivity contribution in [3.63, 3.8) is 0 Å². The summed E-state index contributed by atoms with van der Waals surface area (Å²) < 4.78 is 1.96. The summed E-state index contributed by atoms with van der Waals surface area (Å²) in [5, 5.41) is 2.91. The van der Waals surface area contributed by atoms with Crippen LogP contribution in [0.1, 0.15) is 17.5 Å². The van der Waals surface area contributed by atoms with Gasteiger partial charge in [-0.25, -0.2) is 4.98 Å². The number of hydrogen-bond acceptors (Lipinski definition) is 3. The Morgan fingerprint density at radius 3 is 2.52 bits per heavy atom. The maximum absolute atomic E-state index is 12.4. The van der Waals surface area contributed by atoms with Crippen LogP contribution < -0.4 is 5.32 Å². The number of hydrogen-bond donors (Lipinski definition) is 1. The first-order valence-corrected chi connectivity index (χ1v) is 8.95. The molecule has 0 atom stereocenters. The Morgan fingerprint density at radius 2 is 1.78 bits per heavy atom. The van der Waals surface area contributed by atoms with Gasteiger partial charge >= 0.3 is 0 Å². The highest BCUT2D eigenvalue weighted by atomic mass is 16.2. The zero-order chi connectivity index (χ0) is 19.4. The van der Waals surface area contributed by atoms with E-state index in [-0.39, 0.29) is 18.4 Å². The van der Waals surface area contributed by atoms with Crippen molar-refractivity contribution in [2.75, 3.05) is 18.9 Å². The first kappa shape index (κ1) is 18.6. The number of rotatable bonds is 6. The first-order valence-electron chi connectivity index (χ1n) is 8.95. The van der Waals surface area contributed by atoms with Crippen molar-refractivity contribution >= 4 is 28.5 Å². The number of nitrogens with one attached hydrogen (secondary N) is 1. The Morgan fingerprint density at radius 1 is 1.07 bits per heavy atom. The Kier molecular flexibility index (Phi) is 5.54. The Balaban J connectivity index is 1.55. The summed E-state index contributed by atoms with van der Waals surface area (Å²) in [5.74, 6) is -0.277. The van der Waals surface area contributed by atoms with E-state index in [1.165, 1.54) is 4.90 Å². The van der Waals surface area contributed by atoms with Gasteiger partial charge in [0, 0.05) is 25.7 Å². The van der Waals surface area contributed by atoms with Crippen LogP contribution in [0.25, 0.3) is 11.0 Å². The average molecular weight is 364 g/mol. The quantitative estimate of drug-likeness (QED) is 0.731. The predicted molar refractivity (Wildman–Crippen MR) is 107 cm³/mol. The van der Waals surface area contributed by atoms with Gasteiger partial charge in [0.1, 0.15) is 0 Å². The van der Waals surface area contributed by atoms with Gasteiger partial charge in [0.15, 0.2) is 0 Å². The van der Waals surface area contributed by atoms with Crippen LogP contribution in [-0.2, 0) is 16.1 Å². The van der Waals surface area contributed by atoms with Crippen molar-refractivity contribution in [3.05, 3.63) is 59.9 Å². The summed E-state index contributed by atoms with van der Waals surface area (Å²) in [6.45, 7) is 4.46. The Labute approximate surface area is 158 Å². The van der Waals surface area contributed by atoms with Crippen molar-refractivity contribution in [1.82, 2.24) is 14.5 Å². The number of anilines is 1. The molecule has 3 rings (SSSR count). The van der Waals surface area contributed by atoms with E-state index in [4.69, 9.17) is 0 Å². The summed E-state index contributed by atoms with van der Waals surface area (Å²) in [4.78, 5) is 30.5. The van der Waals surface area contributed by atoms with E-state index in [0.29, 0.717) is 13.0 Å². The standard InChI is InChI=1S/C21H24N4O2/c1-15-7-6-8-16(2)21(15)23-19(26)13-24(3)20(27)11-12-25-14-22-17-9-4-5-10-18(17)25/h4-10,14H,11-13H2,1-3H3,(H,23,26). The van der Waals surface area contributed by atoms with Crippen molar-refractivity contribution in [2.45, 2.75) is 26.8 Å².